The highest BCUT2D eigenvalue weighted by Crippen LogP contribution is 2.29. The van der Waals surface area contributed by atoms with E-state index in [1.54, 1.807) is 6.92 Å². The Morgan fingerprint density at radius 2 is 2.18 bits per heavy atom. The van der Waals surface area contributed by atoms with E-state index in [4.69, 9.17) is 20.9 Å². The third-order valence-corrected chi connectivity index (χ3v) is 3.10. The van der Waals surface area contributed by atoms with Gasteiger partial charge in [0.1, 0.15) is 5.60 Å². The summed E-state index contributed by atoms with van der Waals surface area (Å²) in [6.07, 6.45) is 1.46. The zero-order chi connectivity index (χ0) is 12.8. The van der Waals surface area contributed by atoms with Crippen LogP contribution in [0.25, 0.3) is 0 Å². The molecule has 0 N–H and O–H groups in total. The molecule has 0 unspecified atom stereocenters. The van der Waals surface area contributed by atoms with Crippen LogP contribution < -0.4 is 5.46 Å². The summed E-state index contributed by atoms with van der Waals surface area (Å²) >= 11 is 5.59. The van der Waals surface area contributed by atoms with Crippen LogP contribution in [-0.4, -0.2) is 17.7 Å². The van der Waals surface area contributed by atoms with Crippen molar-refractivity contribution in [2.24, 2.45) is 0 Å². The van der Waals surface area contributed by atoms with E-state index in [1.807, 2.05) is 13.8 Å². The Balaban J connectivity index is 2.38. The molecule has 0 aromatic carbocycles. The second-order valence-electron chi connectivity index (χ2n) is 4.44. The first-order valence-electron chi connectivity index (χ1n) is 5.17. The summed E-state index contributed by atoms with van der Waals surface area (Å²) in [6, 6.07) is 0. The molecular formula is C11H12BClFNO2. The summed E-state index contributed by atoms with van der Waals surface area (Å²) in [6.45, 7) is 9.05. The van der Waals surface area contributed by atoms with Gasteiger partial charge < -0.3 is 9.31 Å². The predicted molar refractivity (Wildman–Crippen MR) is 64.7 cm³/mol. The van der Waals surface area contributed by atoms with Crippen molar-refractivity contribution in [2.45, 2.75) is 26.4 Å². The number of aromatic nitrogens is 1. The summed E-state index contributed by atoms with van der Waals surface area (Å²) in [5, 5.41) is -0.151. The first kappa shape index (κ1) is 12.4. The van der Waals surface area contributed by atoms with E-state index in [9.17, 15) is 4.39 Å². The Bertz CT molecular complexity index is 493. The van der Waals surface area contributed by atoms with Crippen LogP contribution in [0.3, 0.4) is 0 Å². The van der Waals surface area contributed by atoms with Crippen LogP contribution in [0, 0.1) is 12.7 Å². The molecule has 0 atom stereocenters. The molecule has 2 heterocycles. The van der Waals surface area contributed by atoms with E-state index < -0.39 is 18.5 Å². The zero-order valence-corrected chi connectivity index (χ0v) is 10.6. The molecule has 90 valence electrons. The Morgan fingerprint density at radius 3 is 2.71 bits per heavy atom. The average Bonchev–Trinajstić information content (AvgIpc) is 2.50. The van der Waals surface area contributed by atoms with Crippen LogP contribution in [-0.2, 0) is 9.31 Å². The Morgan fingerprint density at radius 1 is 1.53 bits per heavy atom. The van der Waals surface area contributed by atoms with Crippen LogP contribution >= 0.6 is 11.6 Å². The molecule has 0 saturated carbocycles. The average molecular weight is 255 g/mol. The molecule has 0 bridgehead atoms. The van der Waals surface area contributed by atoms with E-state index in [2.05, 4.69) is 11.6 Å². The molecule has 1 saturated heterocycles. The lowest BCUT2D eigenvalue weighted by Crippen LogP contribution is -2.37. The van der Waals surface area contributed by atoms with Crippen molar-refractivity contribution >= 4 is 24.2 Å². The van der Waals surface area contributed by atoms with Gasteiger partial charge in [0.25, 0.3) is 0 Å². The molecule has 3 nitrogen and oxygen atoms in total. The Hall–Kier alpha value is -1.07. The standard InChI is InChI=1S/C11H12BClFNO2/c1-6-8(5-15-10(13)9(6)14)12-16-7(2)11(3,4)17-12/h5H,2H2,1,3-4H3. The van der Waals surface area contributed by atoms with Gasteiger partial charge in [0.2, 0.25) is 0 Å². The molecule has 1 aromatic rings. The second kappa shape index (κ2) is 4.00. The molecule has 0 radical (unpaired) electrons. The van der Waals surface area contributed by atoms with Crippen molar-refractivity contribution < 1.29 is 13.7 Å². The lowest BCUT2D eigenvalue weighted by atomic mass is 9.77. The van der Waals surface area contributed by atoms with Crippen LogP contribution in [0.5, 0.6) is 0 Å². The van der Waals surface area contributed by atoms with Gasteiger partial charge >= 0.3 is 7.12 Å². The first-order chi connectivity index (χ1) is 7.83. The maximum Gasteiger partial charge on any atom is 0.565 e. The zero-order valence-electron chi connectivity index (χ0n) is 9.88. The molecule has 0 aliphatic carbocycles. The smallest absolute Gasteiger partial charge is 0.534 e. The topological polar surface area (TPSA) is 31.4 Å². The minimum absolute atomic E-state index is 0.151. The van der Waals surface area contributed by atoms with E-state index in [0.29, 0.717) is 16.8 Å². The predicted octanol–water partition coefficient (Wildman–Crippen LogP) is 2.22. The number of hydrogen-bond donors (Lipinski definition) is 0. The van der Waals surface area contributed by atoms with Gasteiger partial charge in [-0.25, -0.2) is 9.37 Å². The van der Waals surface area contributed by atoms with E-state index >= 15 is 0 Å². The van der Waals surface area contributed by atoms with Crippen molar-refractivity contribution in [1.82, 2.24) is 4.98 Å². The molecule has 6 heteroatoms. The summed E-state index contributed by atoms with van der Waals surface area (Å²) in [4.78, 5) is 3.76. The number of pyridine rings is 1. The van der Waals surface area contributed by atoms with Gasteiger partial charge in [-0.05, 0) is 26.3 Å². The minimum Gasteiger partial charge on any atom is -0.534 e. The van der Waals surface area contributed by atoms with E-state index in [-0.39, 0.29) is 5.15 Å². The molecule has 2 rings (SSSR count). The molecule has 0 spiro atoms. The third-order valence-electron chi connectivity index (χ3n) is 2.84. The monoisotopic (exact) mass is 255 g/mol. The normalized spacial score (nSPS) is 18.4. The summed E-state index contributed by atoms with van der Waals surface area (Å²) < 4.78 is 24.7. The number of halogens is 2. The van der Waals surface area contributed by atoms with E-state index in [0.717, 1.165) is 0 Å². The third kappa shape index (κ3) is 2.05. The molecule has 1 fully saturated rings. The largest absolute Gasteiger partial charge is 0.565 e. The van der Waals surface area contributed by atoms with Crippen LogP contribution in [0.1, 0.15) is 19.4 Å². The van der Waals surface area contributed by atoms with Crippen LogP contribution in [0.2, 0.25) is 5.15 Å². The van der Waals surface area contributed by atoms with Crippen molar-refractivity contribution in [2.75, 3.05) is 0 Å². The van der Waals surface area contributed by atoms with Gasteiger partial charge in [0, 0.05) is 11.7 Å². The van der Waals surface area contributed by atoms with Gasteiger partial charge in [-0.2, -0.15) is 0 Å². The lowest BCUT2D eigenvalue weighted by Gasteiger charge is -2.15. The Kier molecular flexibility index (Phi) is 2.91. The maximum absolute atomic E-state index is 13.6. The van der Waals surface area contributed by atoms with Crippen LogP contribution in [0.15, 0.2) is 18.5 Å². The molecule has 1 aliphatic heterocycles. The van der Waals surface area contributed by atoms with Gasteiger partial charge in [0.05, 0.1) is 5.76 Å². The van der Waals surface area contributed by atoms with E-state index in [1.165, 1.54) is 6.20 Å². The molecular weight excluding hydrogens is 243 g/mol. The molecule has 0 amide bonds. The van der Waals surface area contributed by atoms with Crippen molar-refractivity contribution in [3.63, 3.8) is 0 Å². The van der Waals surface area contributed by atoms with Gasteiger partial charge in [-0.3, -0.25) is 0 Å². The van der Waals surface area contributed by atoms with Crippen LogP contribution in [0.4, 0.5) is 4.39 Å². The number of nitrogens with zero attached hydrogens (tertiary/aromatic N) is 1. The highest BCUT2D eigenvalue weighted by atomic mass is 35.5. The maximum atomic E-state index is 13.6. The fraction of sp³-hybridized carbons (Fsp3) is 0.364. The number of rotatable bonds is 1. The SMILES string of the molecule is C=C1OB(c2cnc(Cl)c(F)c2C)OC1(C)C. The number of hydrogen-bond acceptors (Lipinski definition) is 3. The van der Waals surface area contributed by atoms with Gasteiger partial charge in [-0.15, -0.1) is 0 Å². The van der Waals surface area contributed by atoms with Crippen molar-refractivity contribution in [3.8, 4) is 0 Å². The first-order valence-corrected chi connectivity index (χ1v) is 5.55. The summed E-state index contributed by atoms with van der Waals surface area (Å²) in [5.74, 6) is -0.0380. The van der Waals surface area contributed by atoms with Gasteiger partial charge in [-0.1, -0.05) is 18.2 Å². The Labute approximate surface area is 105 Å². The molecule has 1 aromatic heterocycles. The quantitative estimate of drug-likeness (QED) is 0.569. The fourth-order valence-electron chi connectivity index (χ4n) is 1.55. The minimum atomic E-state index is -0.684. The summed E-state index contributed by atoms with van der Waals surface area (Å²) in [5.41, 5.74) is 0.312. The summed E-state index contributed by atoms with van der Waals surface area (Å²) in [7, 11) is -0.684. The molecule has 17 heavy (non-hydrogen) atoms. The molecule has 1 aliphatic rings. The second-order valence-corrected chi connectivity index (χ2v) is 4.80. The van der Waals surface area contributed by atoms with Gasteiger partial charge in [0.15, 0.2) is 11.0 Å². The highest BCUT2D eigenvalue weighted by molar-refractivity contribution is 6.62. The van der Waals surface area contributed by atoms with Crippen molar-refractivity contribution in [1.29, 1.82) is 0 Å². The fourth-order valence-corrected chi connectivity index (χ4v) is 1.74. The lowest BCUT2D eigenvalue weighted by molar-refractivity contribution is 0.173. The van der Waals surface area contributed by atoms with Crippen molar-refractivity contribution in [3.05, 3.63) is 35.1 Å². The highest BCUT2D eigenvalue weighted by Gasteiger charge is 2.44.